The van der Waals surface area contributed by atoms with Gasteiger partial charge in [0, 0.05) is 25.1 Å². The van der Waals surface area contributed by atoms with Crippen molar-refractivity contribution < 1.29 is 0 Å². The molecule has 1 aromatic heterocycles. The van der Waals surface area contributed by atoms with E-state index in [4.69, 9.17) is 5.84 Å². The second-order valence-electron chi connectivity index (χ2n) is 4.62. The van der Waals surface area contributed by atoms with Crippen LogP contribution in [0.1, 0.15) is 37.6 Å². The zero-order valence-electron chi connectivity index (χ0n) is 11.2. The first-order chi connectivity index (χ1) is 8.74. The summed E-state index contributed by atoms with van der Waals surface area (Å²) in [6, 6.07) is 0. The Labute approximate surface area is 108 Å². The Bertz CT molecular complexity index is 400. The third-order valence-corrected chi connectivity index (χ3v) is 3.27. The van der Waals surface area contributed by atoms with Gasteiger partial charge in [-0.2, -0.15) is 0 Å². The van der Waals surface area contributed by atoms with Gasteiger partial charge in [-0.1, -0.05) is 13.3 Å². The van der Waals surface area contributed by atoms with Crippen LogP contribution in [0.2, 0.25) is 0 Å². The van der Waals surface area contributed by atoms with Gasteiger partial charge in [-0.3, -0.25) is 0 Å². The normalized spacial score (nSPS) is 16.6. The Hall–Kier alpha value is -1.40. The van der Waals surface area contributed by atoms with E-state index in [0.29, 0.717) is 5.82 Å². The lowest BCUT2D eigenvalue weighted by Gasteiger charge is -2.28. The maximum Gasteiger partial charge on any atom is 0.149 e. The van der Waals surface area contributed by atoms with Crippen LogP contribution in [-0.4, -0.2) is 28.1 Å². The van der Waals surface area contributed by atoms with Gasteiger partial charge in [0.05, 0.1) is 0 Å². The van der Waals surface area contributed by atoms with Crippen LogP contribution in [0.15, 0.2) is 0 Å². The maximum absolute atomic E-state index is 5.49. The fraction of sp³-hybridized carbons (Fsp3) is 0.667. The molecule has 0 radical (unpaired) electrons. The average molecular weight is 250 g/mol. The molecule has 1 aliphatic heterocycles. The van der Waals surface area contributed by atoms with E-state index in [0.717, 1.165) is 36.7 Å². The Morgan fingerprint density at radius 1 is 1.17 bits per heavy atom. The van der Waals surface area contributed by atoms with Crippen molar-refractivity contribution in [2.45, 2.75) is 39.5 Å². The molecule has 0 atom stereocenters. The molecular formula is C12H22N6. The molecule has 0 saturated carbocycles. The highest BCUT2D eigenvalue weighted by atomic mass is 15.5. The Kier molecular flexibility index (Phi) is 4.33. The quantitative estimate of drug-likeness (QED) is 0.554. The number of nitrogens with two attached hydrogens (primary N) is 1. The monoisotopic (exact) mass is 250 g/mol. The van der Waals surface area contributed by atoms with Crippen LogP contribution in [0.4, 0.5) is 11.6 Å². The standard InChI is InChI=1S/C12H22N6/c1-3-10-14-11(16-13)9(2)12(15-10)17-18-7-5-4-6-8-18/h3-8,13H2,1-2H3,(H2,14,15,16,17). The highest BCUT2D eigenvalue weighted by Crippen LogP contribution is 2.21. The van der Waals surface area contributed by atoms with Crippen molar-refractivity contribution in [3.63, 3.8) is 0 Å². The number of rotatable bonds is 4. The molecular weight excluding hydrogens is 228 g/mol. The van der Waals surface area contributed by atoms with E-state index in [1.54, 1.807) is 0 Å². The number of nitrogens with one attached hydrogen (secondary N) is 2. The largest absolute Gasteiger partial charge is 0.308 e. The van der Waals surface area contributed by atoms with Crippen LogP contribution in [-0.2, 0) is 6.42 Å². The molecule has 1 saturated heterocycles. The summed E-state index contributed by atoms with van der Waals surface area (Å²) >= 11 is 0. The summed E-state index contributed by atoms with van der Waals surface area (Å²) in [6.07, 6.45) is 4.58. The molecule has 6 nitrogen and oxygen atoms in total. The summed E-state index contributed by atoms with van der Waals surface area (Å²) in [6.45, 7) is 6.14. The maximum atomic E-state index is 5.49. The number of hydrazine groups is 2. The van der Waals surface area contributed by atoms with Gasteiger partial charge in [0.25, 0.3) is 0 Å². The van der Waals surface area contributed by atoms with Gasteiger partial charge in [0.2, 0.25) is 0 Å². The molecule has 18 heavy (non-hydrogen) atoms. The number of hydrogen-bond donors (Lipinski definition) is 3. The lowest BCUT2D eigenvalue weighted by atomic mass is 10.2. The lowest BCUT2D eigenvalue weighted by Crippen LogP contribution is -2.35. The second kappa shape index (κ2) is 5.97. The van der Waals surface area contributed by atoms with E-state index >= 15 is 0 Å². The number of piperidine rings is 1. The van der Waals surface area contributed by atoms with E-state index in [2.05, 4.69) is 25.8 Å². The first-order valence-corrected chi connectivity index (χ1v) is 6.60. The first-order valence-electron chi connectivity index (χ1n) is 6.60. The third-order valence-electron chi connectivity index (χ3n) is 3.27. The highest BCUT2D eigenvalue weighted by Gasteiger charge is 2.14. The lowest BCUT2D eigenvalue weighted by molar-refractivity contribution is 0.272. The minimum absolute atomic E-state index is 0.696. The van der Waals surface area contributed by atoms with Crippen molar-refractivity contribution >= 4 is 11.6 Å². The smallest absolute Gasteiger partial charge is 0.149 e. The molecule has 2 heterocycles. The Morgan fingerprint density at radius 2 is 1.83 bits per heavy atom. The first kappa shape index (κ1) is 13.0. The van der Waals surface area contributed by atoms with Crippen molar-refractivity contribution in [2.24, 2.45) is 5.84 Å². The molecule has 4 N–H and O–H groups in total. The molecule has 1 aliphatic rings. The molecule has 0 amide bonds. The van der Waals surface area contributed by atoms with E-state index in [1.807, 2.05) is 13.8 Å². The number of nitrogen functional groups attached to an aromatic ring is 1. The molecule has 1 aromatic rings. The highest BCUT2D eigenvalue weighted by molar-refractivity contribution is 5.56. The summed E-state index contributed by atoms with van der Waals surface area (Å²) in [5, 5.41) is 2.22. The van der Waals surface area contributed by atoms with Crippen LogP contribution in [0.25, 0.3) is 0 Å². The van der Waals surface area contributed by atoms with E-state index in [9.17, 15) is 0 Å². The molecule has 6 heteroatoms. The molecule has 0 aromatic carbocycles. The van der Waals surface area contributed by atoms with E-state index in [-0.39, 0.29) is 0 Å². The summed E-state index contributed by atoms with van der Waals surface area (Å²) in [5.41, 5.74) is 6.98. The van der Waals surface area contributed by atoms with Gasteiger partial charge < -0.3 is 10.9 Å². The number of anilines is 2. The minimum atomic E-state index is 0.696. The Balaban J connectivity index is 2.19. The molecule has 1 fully saturated rings. The third kappa shape index (κ3) is 2.88. The van der Waals surface area contributed by atoms with Gasteiger partial charge in [0.15, 0.2) is 0 Å². The predicted octanol–water partition coefficient (Wildman–Crippen LogP) is 1.45. The number of hydrogen-bond acceptors (Lipinski definition) is 6. The average Bonchev–Trinajstić information content (AvgIpc) is 2.42. The molecule has 0 aliphatic carbocycles. The van der Waals surface area contributed by atoms with E-state index in [1.165, 1.54) is 19.3 Å². The summed E-state index contributed by atoms with van der Waals surface area (Å²) in [4.78, 5) is 8.89. The van der Waals surface area contributed by atoms with Crippen LogP contribution < -0.4 is 16.7 Å². The van der Waals surface area contributed by atoms with Crippen molar-refractivity contribution in [1.29, 1.82) is 0 Å². The van der Waals surface area contributed by atoms with Crippen molar-refractivity contribution in [3.05, 3.63) is 11.4 Å². The Morgan fingerprint density at radius 3 is 2.44 bits per heavy atom. The summed E-state index contributed by atoms with van der Waals surface area (Å²) in [5.74, 6) is 7.85. The number of aryl methyl sites for hydroxylation is 1. The van der Waals surface area contributed by atoms with Gasteiger partial charge in [-0.15, -0.1) is 0 Å². The summed E-state index contributed by atoms with van der Waals surface area (Å²) in [7, 11) is 0. The molecule has 0 spiro atoms. The van der Waals surface area contributed by atoms with Crippen LogP contribution in [0.3, 0.4) is 0 Å². The van der Waals surface area contributed by atoms with Crippen LogP contribution >= 0.6 is 0 Å². The summed E-state index contributed by atoms with van der Waals surface area (Å²) < 4.78 is 0. The minimum Gasteiger partial charge on any atom is -0.308 e. The molecule has 100 valence electrons. The molecule has 0 bridgehead atoms. The van der Waals surface area contributed by atoms with Crippen LogP contribution in [0.5, 0.6) is 0 Å². The predicted molar refractivity (Wildman–Crippen MR) is 73.0 cm³/mol. The van der Waals surface area contributed by atoms with Crippen LogP contribution in [0, 0.1) is 6.92 Å². The van der Waals surface area contributed by atoms with Gasteiger partial charge in [-0.25, -0.2) is 20.8 Å². The fourth-order valence-corrected chi connectivity index (χ4v) is 2.13. The molecule has 0 unspecified atom stereocenters. The van der Waals surface area contributed by atoms with E-state index < -0.39 is 0 Å². The van der Waals surface area contributed by atoms with Crippen molar-refractivity contribution in [1.82, 2.24) is 15.0 Å². The van der Waals surface area contributed by atoms with Gasteiger partial charge in [-0.05, 0) is 19.8 Å². The van der Waals surface area contributed by atoms with Gasteiger partial charge in [0.1, 0.15) is 17.5 Å². The molecule has 2 rings (SSSR count). The zero-order chi connectivity index (χ0) is 13.0. The number of nitrogens with zero attached hydrogens (tertiary/aromatic N) is 3. The van der Waals surface area contributed by atoms with Gasteiger partial charge >= 0.3 is 0 Å². The zero-order valence-corrected chi connectivity index (χ0v) is 11.2. The number of aromatic nitrogens is 2. The second-order valence-corrected chi connectivity index (χ2v) is 4.62. The van der Waals surface area contributed by atoms with Crippen molar-refractivity contribution in [3.8, 4) is 0 Å². The fourth-order valence-electron chi connectivity index (χ4n) is 2.13. The topological polar surface area (TPSA) is 79.1 Å². The van der Waals surface area contributed by atoms with Crippen molar-refractivity contribution in [2.75, 3.05) is 23.9 Å². The SMILES string of the molecule is CCc1nc(NN)c(C)c(NN2CCCCC2)n1.